The molecule has 1 amide bonds. The van der Waals surface area contributed by atoms with Gasteiger partial charge in [-0.25, -0.2) is 5.09 Å². The molecule has 0 saturated carbocycles. The van der Waals surface area contributed by atoms with Gasteiger partial charge in [-0.3, -0.25) is 23.5 Å². The van der Waals surface area contributed by atoms with E-state index in [0.29, 0.717) is 32.2 Å². The molecule has 1 aliphatic rings. The van der Waals surface area contributed by atoms with Crippen molar-refractivity contribution < 1.29 is 33.3 Å². The van der Waals surface area contributed by atoms with E-state index in [9.17, 15) is 18.9 Å². The Hall–Kier alpha value is -2.22. The van der Waals surface area contributed by atoms with Crippen molar-refractivity contribution in [3.63, 3.8) is 0 Å². The Morgan fingerprint density at radius 2 is 1.97 bits per heavy atom. The Morgan fingerprint density at radius 1 is 1.24 bits per heavy atom. The summed E-state index contributed by atoms with van der Waals surface area (Å²) in [5.41, 5.74) is 1.18. The van der Waals surface area contributed by atoms with Crippen molar-refractivity contribution in [2.75, 3.05) is 19.3 Å². The molecule has 33 heavy (non-hydrogen) atoms. The number of rotatable bonds is 13. The summed E-state index contributed by atoms with van der Waals surface area (Å²) in [5, 5.41) is 12.0. The number of benzene rings is 1. The van der Waals surface area contributed by atoms with Crippen molar-refractivity contribution in [2.45, 2.75) is 71.1 Å². The molecular weight excluding hydrogens is 447 g/mol. The van der Waals surface area contributed by atoms with Crippen LogP contribution in [0.25, 0.3) is 0 Å². The van der Waals surface area contributed by atoms with E-state index in [1.54, 1.807) is 6.92 Å². The van der Waals surface area contributed by atoms with Crippen LogP contribution >= 0.6 is 7.52 Å². The number of nitrogens with one attached hydrogen (secondary N) is 1. The molecule has 9 nitrogen and oxygen atoms in total. The van der Waals surface area contributed by atoms with Gasteiger partial charge in [-0.2, -0.15) is 0 Å². The number of carboxylic acid groups (broad SMARTS) is 1. The van der Waals surface area contributed by atoms with Gasteiger partial charge >= 0.3 is 11.9 Å². The largest absolute Gasteiger partial charge is 0.480 e. The van der Waals surface area contributed by atoms with Crippen LogP contribution in [0.5, 0.6) is 0 Å². The van der Waals surface area contributed by atoms with Gasteiger partial charge in [0.05, 0.1) is 6.04 Å². The van der Waals surface area contributed by atoms with Crippen LogP contribution in [0.1, 0.15) is 57.9 Å². The van der Waals surface area contributed by atoms with Gasteiger partial charge in [0.15, 0.2) is 0 Å². The Bertz CT molecular complexity index is 833. The number of unbranched alkanes of at least 4 members (excludes halogenated alkanes) is 1. The minimum atomic E-state index is -3.57. The van der Waals surface area contributed by atoms with Crippen molar-refractivity contribution in [2.24, 2.45) is 0 Å². The first kappa shape index (κ1) is 27.0. The lowest BCUT2D eigenvalue weighted by atomic mass is 10.1. The van der Waals surface area contributed by atoms with Crippen LogP contribution in [0, 0.1) is 0 Å². The first-order valence-corrected chi connectivity index (χ1v) is 13.3. The van der Waals surface area contributed by atoms with E-state index >= 15 is 0 Å². The van der Waals surface area contributed by atoms with Crippen molar-refractivity contribution >= 4 is 25.4 Å². The van der Waals surface area contributed by atoms with Gasteiger partial charge in [-0.1, -0.05) is 37.3 Å². The highest BCUT2D eigenvalue weighted by molar-refractivity contribution is 7.56. The second-order valence-corrected chi connectivity index (χ2v) is 10.5. The Labute approximate surface area is 195 Å². The molecule has 1 aromatic rings. The van der Waals surface area contributed by atoms with Gasteiger partial charge in [0.2, 0.25) is 12.2 Å². The molecule has 0 radical (unpaired) electrons. The van der Waals surface area contributed by atoms with Gasteiger partial charge in [0.25, 0.3) is 7.52 Å². The fourth-order valence-corrected chi connectivity index (χ4v) is 5.93. The number of aryl methyl sites for hydroxylation is 1. The normalized spacial score (nSPS) is 19.4. The molecule has 1 fully saturated rings. The number of carboxylic acids is 1. The van der Waals surface area contributed by atoms with Gasteiger partial charge in [0, 0.05) is 19.1 Å². The first-order valence-electron chi connectivity index (χ1n) is 11.5. The van der Waals surface area contributed by atoms with Crippen LogP contribution in [0.2, 0.25) is 0 Å². The molecule has 10 heteroatoms. The third-order valence-electron chi connectivity index (χ3n) is 5.37. The summed E-state index contributed by atoms with van der Waals surface area (Å²) in [6.45, 7) is 3.09. The van der Waals surface area contributed by atoms with E-state index in [4.69, 9.17) is 14.4 Å². The number of likely N-dealkylation sites (tertiary alicyclic amines) is 1. The second-order valence-electron chi connectivity index (χ2n) is 8.19. The fourth-order valence-electron chi connectivity index (χ4n) is 3.75. The van der Waals surface area contributed by atoms with Crippen molar-refractivity contribution in [3.8, 4) is 0 Å². The number of aliphatic carboxylic acids is 1. The van der Waals surface area contributed by atoms with E-state index < -0.39 is 44.2 Å². The number of hydrogen-bond acceptors (Lipinski definition) is 6. The maximum absolute atomic E-state index is 13.7. The number of esters is 1. The topological polar surface area (TPSA) is 122 Å². The maximum Gasteiger partial charge on any atom is 0.323 e. The number of carbonyl (C=O) groups is 3. The van der Waals surface area contributed by atoms with Crippen LogP contribution in [-0.4, -0.2) is 59.4 Å². The highest BCUT2D eigenvalue weighted by Gasteiger charge is 2.36. The summed E-state index contributed by atoms with van der Waals surface area (Å²) in [7, 11) is -3.57. The average molecular weight is 483 g/mol. The highest BCUT2D eigenvalue weighted by atomic mass is 31.2. The first-order chi connectivity index (χ1) is 15.7. The van der Waals surface area contributed by atoms with Crippen LogP contribution in [0.15, 0.2) is 30.3 Å². The molecule has 0 spiro atoms. The third-order valence-corrected chi connectivity index (χ3v) is 7.62. The maximum atomic E-state index is 13.7. The molecule has 2 rings (SSSR count). The summed E-state index contributed by atoms with van der Waals surface area (Å²) in [6.07, 6.45) is 3.23. The molecule has 1 heterocycles. The van der Waals surface area contributed by atoms with Gasteiger partial charge < -0.3 is 14.7 Å². The summed E-state index contributed by atoms with van der Waals surface area (Å²) >= 11 is 0. The average Bonchev–Trinajstić information content (AvgIpc) is 2.93. The van der Waals surface area contributed by atoms with Crippen molar-refractivity contribution in [1.82, 2.24) is 9.99 Å². The summed E-state index contributed by atoms with van der Waals surface area (Å²) in [5.74, 6) is -1.97. The number of nitrogens with zero attached hydrogens (tertiary/aromatic N) is 1. The number of ether oxygens (including phenoxy) is 1. The zero-order valence-corrected chi connectivity index (χ0v) is 20.3. The molecule has 3 atom stereocenters. The summed E-state index contributed by atoms with van der Waals surface area (Å²) in [6, 6.07) is 9.13. The predicted octanol–water partition coefficient (Wildman–Crippen LogP) is 3.57. The number of carbonyl (C=O) groups excluding carboxylic acids is 2. The fraction of sp³-hybridized carbons (Fsp3) is 0.609. The molecule has 2 N–H and O–H groups in total. The zero-order chi connectivity index (χ0) is 24.3. The van der Waals surface area contributed by atoms with Gasteiger partial charge in [0.1, 0.15) is 6.54 Å². The van der Waals surface area contributed by atoms with Crippen molar-refractivity contribution in [1.29, 1.82) is 0 Å². The molecule has 1 aromatic carbocycles. The lowest BCUT2D eigenvalue weighted by Crippen LogP contribution is -2.46. The summed E-state index contributed by atoms with van der Waals surface area (Å²) < 4.78 is 24.6. The van der Waals surface area contributed by atoms with Gasteiger partial charge in [-0.15, -0.1) is 0 Å². The van der Waals surface area contributed by atoms with E-state index in [0.717, 1.165) is 12.8 Å². The van der Waals surface area contributed by atoms with Crippen molar-refractivity contribution in [3.05, 3.63) is 35.9 Å². The minimum absolute atomic E-state index is 0.160. The number of amides is 1. The predicted molar refractivity (Wildman–Crippen MR) is 124 cm³/mol. The molecule has 0 bridgehead atoms. The summed E-state index contributed by atoms with van der Waals surface area (Å²) in [4.78, 5) is 37.0. The minimum Gasteiger partial charge on any atom is -0.480 e. The Morgan fingerprint density at radius 3 is 2.64 bits per heavy atom. The lowest BCUT2D eigenvalue weighted by Gasteiger charge is -2.29. The van der Waals surface area contributed by atoms with E-state index in [1.165, 1.54) is 17.4 Å². The Balaban J connectivity index is 2.07. The zero-order valence-electron chi connectivity index (χ0n) is 19.4. The smallest absolute Gasteiger partial charge is 0.323 e. The Kier molecular flexibility index (Phi) is 11.0. The standard InChI is InChI=1S/C23H35N2O7P/c1-3-22(28)31-18(2)32-33(30,16-10-8-13-19-11-5-4-6-12-19)24-20-14-7-9-15-25(23(20)29)17-21(26)27/h4-6,11-12,18,20H,3,7-10,13-17H2,1-2H3,(H,24,30)(H,26,27)/t18-,20?,33?/m0/s1. The third kappa shape index (κ3) is 9.66. The number of hydrogen-bond donors (Lipinski definition) is 2. The molecule has 1 aliphatic heterocycles. The molecule has 0 aromatic heterocycles. The van der Waals surface area contributed by atoms with E-state index in [-0.39, 0.29) is 12.6 Å². The molecule has 0 aliphatic carbocycles. The molecular formula is C23H35N2O7P. The van der Waals surface area contributed by atoms with E-state index in [2.05, 4.69) is 5.09 Å². The molecule has 2 unspecified atom stereocenters. The van der Waals surface area contributed by atoms with Crippen LogP contribution in [0.4, 0.5) is 0 Å². The monoisotopic (exact) mass is 482 g/mol. The van der Waals surface area contributed by atoms with Crippen LogP contribution in [0.3, 0.4) is 0 Å². The lowest BCUT2D eigenvalue weighted by molar-refractivity contribution is -0.160. The SMILES string of the molecule is CCC(=O)O[C@H](C)OP(=O)(CCCCc1ccccc1)NC1CCCCN(CC(=O)O)C1=O. The highest BCUT2D eigenvalue weighted by Crippen LogP contribution is 2.46. The molecule has 1 saturated heterocycles. The van der Waals surface area contributed by atoms with Gasteiger partial charge in [-0.05, 0) is 51.0 Å². The quantitative estimate of drug-likeness (QED) is 0.189. The molecule has 184 valence electrons. The second kappa shape index (κ2) is 13.5. The van der Waals surface area contributed by atoms with Crippen LogP contribution < -0.4 is 5.09 Å². The van der Waals surface area contributed by atoms with E-state index in [1.807, 2.05) is 30.3 Å². The van der Waals surface area contributed by atoms with Crippen LogP contribution in [-0.2, 0) is 34.6 Å².